The van der Waals surface area contributed by atoms with Gasteiger partial charge in [-0.15, -0.1) is 0 Å². The van der Waals surface area contributed by atoms with E-state index in [-0.39, 0.29) is 10.7 Å². The van der Waals surface area contributed by atoms with E-state index in [1.54, 1.807) is 18.2 Å². The van der Waals surface area contributed by atoms with Crippen molar-refractivity contribution in [1.82, 2.24) is 4.98 Å². The molecule has 0 saturated heterocycles. The topological polar surface area (TPSA) is 91.8 Å². The molecule has 0 saturated carbocycles. The van der Waals surface area contributed by atoms with E-state index in [4.69, 9.17) is 22.6 Å². The molecule has 2 aromatic rings. The van der Waals surface area contributed by atoms with Crippen LogP contribution in [0.5, 0.6) is 0 Å². The monoisotopic (exact) mass is 350 g/mol. The summed E-state index contributed by atoms with van der Waals surface area (Å²) in [5, 5.41) is 11.7. The van der Waals surface area contributed by atoms with Crippen molar-refractivity contribution >= 4 is 44.8 Å². The number of aromatic nitrogens is 1. The van der Waals surface area contributed by atoms with Crippen LogP contribution in [0.25, 0.3) is 0 Å². The molecule has 3 N–H and O–H groups in total. The van der Waals surface area contributed by atoms with Crippen molar-refractivity contribution in [3.8, 4) is 6.07 Å². The SMILES string of the molecule is N#Cc1cc(Br)ccc1NC(=O)c1cc(N)cnc1Cl. The van der Waals surface area contributed by atoms with Crippen LogP contribution in [0.1, 0.15) is 15.9 Å². The van der Waals surface area contributed by atoms with E-state index in [1.165, 1.54) is 12.3 Å². The highest BCUT2D eigenvalue weighted by Crippen LogP contribution is 2.22. The Bertz CT molecular complexity index is 727. The van der Waals surface area contributed by atoms with Crippen LogP contribution in [-0.2, 0) is 0 Å². The first kappa shape index (κ1) is 14.3. The summed E-state index contributed by atoms with van der Waals surface area (Å²) in [7, 11) is 0. The van der Waals surface area contributed by atoms with Crippen molar-refractivity contribution in [2.24, 2.45) is 0 Å². The molecule has 0 aliphatic heterocycles. The molecule has 2 rings (SSSR count). The third kappa shape index (κ3) is 3.07. The standard InChI is InChI=1S/C13H8BrClN4O/c14-8-1-2-11(7(3-8)5-16)19-13(20)10-4-9(17)6-18-12(10)15/h1-4,6H,17H2,(H,19,20). The van der Waals surface area contributed by atoms with Gasteiger partial charge in [0, 0.05) is 4.47 Å². The zero-order valence-corrected chi connectivity index (χ0v) is 12.4. The molecule has 0 fully saturated rings. The number of nitrogens with zero attached hydrogens (tertiary/aromatic N) is 2. The Morgan fingerprint density at radius 3 is 2.90 bits per heavy atom. The molecule has 1 aromatic carbocycles. The van der Waals surface area contributed by atoms with Gasteiger partial charge in [0.25, 0.3) is 5.91 Å². The summed E-state index contributed by atoms with van der Waals surface area (Å²) >= 11 is 9.11. The molecular formula is C13H8BrClN4O. The molecule has 0 radical (unpaired) electrons. The highest BCUT2D eigenvalue weighted by molar-refractivity contribution is 9.10. The van der Waals surface area contributed by atoms with Crippen LogP contribution in [0.3, 0.4) is 0 Å². The Morgan fingerprint density at radius 2 is 2.20 bits per heavy atom. The van der Waals surface area contributed by atoms with Crippen LogP contribution >= 0.6 is 27.5 Å². The molecule has 7 heteroatoms. The zero-order chi connectivity index (χ0) is 14.7. The predicted octanol–water partition coefficient (Wildman–Crippen LogP) is 3.20. The number of pyridine rings is 1. The van der Waals surface area contributed by atoms with Crippen LogP contribution in [0.2, 0.25) is 5.15 Å². The number of benzene rings is 1. The van der Waals surface area contributed by atoms with Gasteiger partial charge in [-0.2, -0.15) is 5.26 Å². The molecule has 0 spiro atoms. The first-order chi connectivity index (χ1) is 9.51. The zero-order valence-electron chi connectivity index (χ0n) is 10.0. The molecule has 0 atom stereocenters. The summed E-state index contributed by atoms with van der Waals surface area (Å²) in [6, 6.07) is 8.37. The average Bonchev–Trinajstić information content (AvgIpc) is 2.43. The number of nitriles is 1. The number of hydrogen-bond donors (Lipinski definition) is 2. The van der Waals surface area contributed by atoms with Crippen molar-refractivity contribution in [2.45, 2.75) is 0 Å². The first-order valence-electron chi connectivity index (χ1n) is 5.43. The molecule has 0 aliphatic rings. The maximum absolute atomic E-state index is 12.1. The fourth-order valence-corrected chi connectivity index (χ4v) is 2.08. The molecule has 0 aliphatic carbocycles. The third-order valence-corrected chi connectivity index (χ3v) is 3.25. The summed E-state index contributed by atoms with van der Waals surface area (Å²) < 4.78 is 0.746. The number of carbonyl (C=O) groups excluding carboxylic acids is 1. The van der Waals surface area contributed by atoms with Gasteiger partial charge in [0.05, 0.1) is 28.7 Å². The lowest BCUT2D eigenvalue weighted by molar-refractivity contribution is 0.102. The van der Waals surface area contributed by atoms with Gasteiger partial charge in [-0.05, 0) is 24.3 Å². The van der Waals surface area contributed by atoms with Crippen molar-refractivity contribution in [3.63, 3.8) is 0 Å². The number of amides is 1. The number of nitrogen functional groups attached to an aromatic ring is 1. The van der Waals surface area contributed by atoms with E-state index >= 15 is 0 Å². The molecule has 1 heterocycles. The van der Waals surface area contributed by atoms with Crippen LogP contribution in [0, 0.1) is 11.3 Å². The molecule has 0 unspecified atom stereocenters. The Balaban J connectivity index is 2.33. The second-order valence-corrected chi connectivity index (χ2v) is 5.14. The van der Waals surface area contributed by atoms with Crippen LogP contribution in [0.15, 0.2) is 34.9 Å². The smallest absolute Gasteiger partial charge is 0.258 e. The number of nitrogens with two attached hydrogens (primary N) is 1. The Labute approximate surface area is 128 Å². The number of anilines is 2. The lowest BCUT2D eigenvalue weighted by atomic mass is 10.2. The lowest BCUT2D eigenvalue weighted by Gasteiger charge is -2.08. The first-order valence-corrected chi connectivity index (χ1v) is 6.60. The number of nitrogens with one attached hydrogen (secondary N) is 1. The Hall–Kier alpha value is -2.10. The Kier molecular flexibility index (Phi) is 4.23. The lowest BCUT2D eigenvalue weighted by Crippen LogP contribution is -2.14. The number of hydrogen-bond acceptors (Lipinski definition) is 4. The highest BCUT2D eigenvalue weighted by Gasteiger charge is 2.14. The maximum Gasteiger partial charge on any atom is 0.258 e. The van der Waals surface area contributed by atoms with E-state index in [0.717, 1.165) is 4.47 Å². The molecule has 100 valence electrons. The third-order valence-electron chi connectivity index (χ3n) is 2.46. The van der Waals surface area contributed by atoms with Crippen LogP contribution < -0.4 is 11.1 Å². The van der Waals surface area contributed by atoms with E-state index in [9.17, 15) is 4.79 Å². The molecule has 0 bridgehead atoms. The largest absolute Gasteiger partial charge is 0.397 e. The summed E-state index contributed by atoms with van der Waals surface area (Å²) in [5.41, 5.74) is 6.78. The Morgan fingerprint density at radius 1 is 1.45 bits per heavy atom. The summed E-state index contributed by atoms with van der Waals surface area (Å²) in [5.74, 6) is -0.478. The summed E-state index contributed by atoms with van der Waals surface area (Å²) in [6.07, 6.45) is 1.36. The second-order valence-electron chi connectivity index (χ2n) is 3.86. The quantitative estimate of drug-likeness (QED) is 0.813. The molecule has 5 nitrogen and oxygen atoms in total. The molecular weight excluding hydrogens is 344 g/mol. The maximum atomic E-state index is 12.1. The van der Waals surface area contributed by atoms with E-state index in [0.29, 0.717) is 16.9 Å². The van der Waals surface area contributed by atoms with E-state index < -0.39 is 5.91 Å². The fraction of sp³-hybridized carbons (Fsp3) is 0. The van der Waals surface area contributed by atoms with Gasteiger partial charge in [0.1, 0.15) is 11.2 Å². The van der Waals surface area contributed by atoms with Crippen molar-refractivity contribution < 1.29 is 4.79 Å². The minimum absolute atomic E-state index is 0.0484. The van der Waals surface area contributed by atoms with E-state index in [2.05, 4.69) is 26.2 Å². The minimum Gasteiger partial charge on any atom is -0.397 e. The van der Waals surface area contributed by atoms with Gasteiger partial charge >= 0.3 is 0 Å². The highest BCUT2D eigenvalue weighted by atomic mass is 79.9. The van der Waals surface area contributed by atoms with Crippen LogP contribution in [-0.4, -0.2) is 10.9 Å². The summed E-state index contributed by atoms with van der Waals surface area (Å²) in [4.78, 5) is 15.9. The average molecular weight is 352 g/mol. The van der Waals surface area contributed by atoms with Crippen LogP contribution in [0.4, 0.5) is 11.4 Å². The van der Waals surface area contributed by atoms with Crippen molar-refractivity contribution in [3.05, 3.63) is 51.2 Å². The number of halogens is 2. The van der Waals surface area contributed by atoms with Gasteiger partial charge in [-0.1, -0.05) is 27.5 Å². The van der Waals surface area contributed by atoms with Gasteiger partial charge < -0.3 is 11.1 Å². The predicted molar refractivity (Wildman–Crippen MR) is 80.5 cm³/mol. The molecule has 20 heavy (non-hydrogen) atoms. The number of carbonyl (C=O) groups is 1. The van der Waals surface area contributed by atoms with Gasteiger partial charge in [0.15, 0.2) is 0 Å². The normalized spacial score (nSPS) is 9.85. The second kappa shape index (κ2) is 5.90. The van der Waals surface area contributed by atoms with Gasteiger partial charge in [-0.3, -0.25) is 4.79 Å². The minimum atomic E-state index is -0.478. The van der Waals surface area contributed by atoms with E-state index in [1.807, 2.05) is 6.07 Å². The van der Waals surface area contributed by atoms with Gasteiger partial charge in [0.2, 0.25) is 0 Å². The van der Waals surface area contributed by atoms with Crippen molar-refractivity contribution in [2.75, 3.05) is 11.1 Å². The van der Waals surface area contributed by atoms with Crippen molar-refractivity contribution in [1.29, 1.82) is 5.26 Å². The molecule has 1 amide bonds. The van der Waals surface area contributed by atoms with Gasteiger partial charge in [-0.25, -0.2) is 4.98 Å². The molecule has 1 aromatic heterocycles. The summed E-state index contributed by atoms with van der Waals surface area (Å²) in [6.45, 7) is 0. The number of rotatable bonds is 2. The fourth-order valence-electron chi connectivity index (χ4n) is 1.53.